The molecule has 1 aromatic carbocycles. The number of nitriles is 1. The third kappa shape index (κ3) is 3.66. The van der Waals surface area contributed by atoms with Gasteiger partial charge in [0.05, 0.1) is 31.5 Å². The van der Waals surface area contributed by atoms with E-state index in [1.807, 2.05) is 24.9 Å². The molecule has 168 valence electrons. The van der Waals surface area contributed by atoms with Crippen LogP contribution in [0, 0.1) is 24.1 Å². The summed E-state index contributed by atoms with van der Waals surface area (Å²) in [4.78, 5) is 22.6. The molecule has 1 saturated heterocycles. The van der Waals surface area contributed by atoms with Gasteiger partial charge in [0.2, 0.25) is 5.88 Å². The highest BCUT2D eigenvalue weighted by Crippen LogP contribution is 2.37. The standard InChI is InChI=1S/C23H20FN5O4/c1-14-3-4-17(9-26-14)33-21-16(8-25)5-15(6-18(21)24)10-32-19-7-20-28(2)23(12-31-13-23)11-29(20)22(30)27-19/h3-7,9H,10-13H2,1-2H3. The first kappa shape index (κ1) is 20.9. The smallest absolute Gasteiger partial charge is 0.352 e. The highest BCUT2D eigenvalue weighted by Gasteiger charge is 2.49. The fraction of sp³-hybridized carbons (Fsp3) is 0.304. The lowest BCUT2D eigenvalue weighted by atomic mass is 9.97. The Bertz CT molecular complexity index is 1330. The van der Waals surface area contributed by atoms with E-state index in [2.05, 4.69) is 9.97 Å². The molecular formula is C23H20FN5O4. The number of hydrogen-bond acceptors (Lipinski definition) is 8. The largest absolute Gasteiger partial charge is 0.473 e. The molecule has 0 unspecified atom stereocenters. The van der Waals surface area contributed by atoms with Gasteiger partial charge in [-0.25, -0.2) is 9.18 Å². The van der Waals surface area contributed by atoms with Gasteiger partial charge in [-0.3, -0.25) is 9.55 Å². The maximum atomic E-state index is 14.8. The van der Waals surface area contributed by atoms with Gasteiger partial charge in [-0.05, 0) is 36.8 Å². The van der Waals surface area contributed by atoms with Crippen LogP contribution in [0.3, 0.4) is 0 Å². The molecule has 0 atom stereocenters. The Morgan fingerprint density at radius 3 is 2.79 bits per heavy atom. The molecule has 1 fully saturated rings. The van der Waals surface area contributed by atoms with Gasteiger partial charge in [-0.15, -0.1) is 0 Å². The van der Waals surface area contributed by atoms with Crippen LogP contribution in [0.1, 0.15) is 16.8 Å². The van der Waals surface area contributed by atoms with E-state index in [0.717, 1.165) is 5.69 Å². The van der Waals surface area contributed by atoms with E-state index in [0.29, 0.717) is 36.9 Å². The van der Waals surface area contributed by atoms with E-state index in [4.69, 9.17) is 14.2 Å². The second-order valence-electron chi connectivity index (χ2n) is 8.19. The van der Waals surface area contributed by atoms with Gasteiger partial charge in [-0.1, -0.05) is 0 Å². The van der Waals surface area contributed by atoms with Crippen LogP contribution in [0.25, 0.3) is 0 Å². The number of benzene rings is 1. The van der Waals surface area contributed by atoms with Gasteiger partial charge in [0.25, 0.3) is 0 Å². The first-order valence-corrected chi connectivity index (χ1v) is 10.3. The number of rotatable bonds is 5. The number of likely N-dealkylation sites (N-methyl/N-ethyl adjacent to an activating group) is 1. The molecular weight excluding hydrogens is 429 g/mol. The molecule has 10 heteroatoms. The quantitative estimate of drug-likeness (QED) is 0.586. The molecule has 2 aliphatic heterocycles. The minimum atomic E-state index is -0.707. The van der Waals surface area contributed by atoms with Gasteiger partial charge in [-0.2, -0.15) is 10.2 Å². The van der Waals surface area contributed by atoms with Crippen molar-refractivity contribution in [3.8, 4) is 23.4 Å². The van der Waals surface area contributed by atoms with E-state index in [1.54, 1.807) is 22.8 Å². The normalized spacial score (nSPS) is 15.6. The summed E-state index contributed by atoms with van der Waals surface area (Å²) < 4.78 is 32.9. The second kappa shape index (κ2) is 7.86. The molecule has 0 aliphatic carbocycles. The number of ether oxygens (including phenoxy) is 3. The second-order valence-corrected chi connectivity index (χ2v) is 8.19. The molecule has 9 nitrogen and oxygen atoms in total. The van der Waals surface area contributed by atoms with Crippen LogP contribution in [0.2, 0.25) is 0 Å². The minimum absolute atomic E-state index is 0.0165. The lowest BCUT2D eigenvalue weighted by molar-refractivity contribution is -0.0557. The summed E-state index contributed by atoms with van der Waals surface area (Å²) in [5, 5.41) is 9.50. The van der Waals surface area contributed by atoms with Crippen molar-refractivity contribution in [2.24, 2.45) is 0 Å². The van der Waals surface area contributed by atoms with Crippen LogP contribution in [0.15, 0.2) is 41.3 Å². The number of anilines is 1. The molecule has 4 heterocycles. The Morgan fingerprint density at radius 2 is 2.12 bits per heavy atom. The van der Waals surface area contributed by atoms with E-state index in [-0.39, 0.29) is 29.3 Å². The number of pyridine rings is 1. The van der Waals surface area contributed by atoms with Crippen molar-refractivity contribution < 1.29 is 18.6 Å². The van der Waals surface area contributed by atoms with E-state index >= 15 is 0 Å². The van der Waals surface area contributed by atoms with Gasteiger partial charge < -0.3 is 19.1 Å². The van der Waals surface area contributed by atoms with Gasteiger partial charge >= 0.3 is 5.69 Å². The van der Waals surface area contributed by atoms with Crippen molar-refractivity contribution in [3.63, 3.8) is 0 Å². The Kier molecular flexibility index (Phi) is 4.98. The Labute approximate surface area is 188 Å². The zero-order chi connectivity index (χ0) is 23.2. The van der Waals surface area contributed by atoms with Crippen molar-refractivity contribution in [1.82, 2.24) is 14.5 Å². The highest BCUT2D eigenvalue weighted by atomic mass is 19.1. The molecule has 2 aromatic heterocycles. The molecule has 33 heavy (non-hydrogen) atoms. The monoisotopic (exact) mass is 449 g/mol. The zero-order valence-electron chi connectivity index (χ0n) is 18.0. The van der Waals surface area contributed by atoms with Crippen molar-refractivity contribution in [2.45, 2.75) is 25.6 Å². The summed E-state index contributed by atoms with van der Waals surface area (Å²) in [5.41, 5.74) is 0.566. The lowest BCUT2D eigenvalue weighted by Gasteiger charge is -2.43. The molecule has 0 N–H and O–H groups in total. The average molecular weight is 449 g/mol. The Morgan fingerprint density at radius 1 is 1.30 bits per heavy atom. The van der Waals surface area contributed by atoms with Crippen molar-refractivity contribution in [1.29, 1.82) is 5.26 Å². The van der Waals surface area contributed by atoms with Crippen LogP contribution in [0.5, 0.6) is 17.4 Å². The highest BCUT2D eigenvalue weighted by molar-refractivity contribution is 5.50. The van der Waals surface area contributed by atoms with Crippen LogP contribution < -0.4 is 20.1 Å². The zero-order valence-corrected chi connectivity index (χ0v) is 18.0. The maximum absolute atomic E-state index is 14.8. The van der Waals surface area contributed by atoms with Gasteiger partial charge in [0.1, 0.15) is 29.8 Å². The number of nitrogens with zero attached hydrogens (tertiary/aromatic N) is 5. The van der Waals surface area contributed by atoms with Crippen LogP contribution in [0.4, 0.5) is 10.2 Å². The lowest BCUT2D eigenvalue weighted by Crippen LogP contribution is -2.60. The summed E-state index contributed by atoms with van der Waals surface area (Å²) >= 11 is 0. The fourth-order valence-electron chi connectivity index (χ4n) is 3.95. The topological polar surface area (TPSA) is 102 Å². The average Bonchev–Trinajstić information content (AvgIpc) is 3.09. The Balaban J connectivity index is 1.35. The molecule has 0 bridgehead atoms. The van der Waals surface area contributed by atoms with Crippen LogP contribution in [-0.4, -0.2) is 40.3 Å². The number of fused-ring (bicyclic) bond motifs is 1. The number of aromatic nitrogens is 3. The predicted molar refractivity (Wildman–Crippen MR) is 115 cm³/mol. The molecule has 0 radical (unpaired) electrons. The van der Waals surface area contributed by atoms with Crippen molar-refractivity contribution in [2.75, 3.05) is 25.2 Å². The number of aryl methyl sites for hydroxylation is 1. The first-order valence-electron chi connectivity index (χ1n) is 10.3. The minimum Gasteiger partial charge on any atom is -0.473 e. The van der Waals surface area contributed by atoms with Crippen molar-refractivity contribution in [3.05, 3.63) is 69.7 Å². The van der Waals surface area contributed by atoms with Gasteiger partial charge in [0.15, 0.2) is 11.6 Å². The Hall–Kier alpha value is -3.97. The van der Waals surface area contributed by atoms with Crippen LogP contribution >= 0.6 is 0 Å². The van der Waals surface area contributed by atoms with E-state index in [1.165, 1.54) is 18.3 Å². The summed E-state index contributed by atoms with van der Waals surface area (Å²) in [6.45, 7) is 3.35. The molecule has 0 saturated carbocycles. The predicted octanol–water partition coefficient (Wildman–Crippen LogP) is 2.55. The van der Waals surface area contributed by atoms with Gasteiger partial charge in [0, 0.05) is 18.8 Å². The SMILES string of the molecule is Cc1ccc(Oc2c(F)cc(COc3cc4n(c(=O)n3)CC3(COC3)N4C)cc2C#N)cn1. The molecule has 2 aliphatic rings. The third-order valence-corrected chi connectivity index (χ3v) is 5.93. The molecule has 1 spiro atoms. The van der Waals surface area contributed by atoms with Crippen LogP contribution in [-0.2, 0) is 17.9 Å². The molecule has 5 rings (SSSR count). The maximum Gasteiger partial charge on any atom is 0.352 e. The number of halogens is 1. The fourth-order valence-corrected chi connectivity index (χ4v) is 3.95. The number of hydrogen-bond donors (Lipinski definition) is 0. The van der Waals surface area contributed by atoms with E-state index in [9.17, 15) is 14.4 Å². The molecule has 3 aromatic rings. The summed E-state index contributed by atoms with van der Waals surface area (Å²) in [6, 6.07) is 9.71. The summed E-state index contributed by atoms with van der Waals surface area (Å²) in [5.74, 6) is 0.242. The van der Waals surface area contributed by atoms with Crippen molar-refractivity contribution >= 4 is 5.82 Å². The summed E-state index contributed by atoms with van der Waals surface area (Å²) in [6.07, 6.45) is 1.46. The summed E-state index contributed by atoms with van der Waals surface area (Å²) in [7, 11) is 1.90. The van der Waals surface area contributed by atoms with E-state index < -0.39 is 11.5 Å². The third-order valence-electron chi connectivity index (χ3n) is 5.93. The first-order chi connectivity index (χ1) is 15.9. The molecule has 0 amide bonds.